The largest absolute Gasteiger partial charge is 0.497 e. The van der Waals surface area contributed by atoms with Crippen molar-refractivity contribution in [1.29, 1.82) is 0 Å². The Kier molecular flexibility index (Phi) is 5.36. The van der Waals surface area contributed by atoms with Gasteiger partial charge in [0.2, 0.25) is 0 Å². The van der Waals surface area contributed by atoms with E-state index in [2.05, 4.69) is 0 Å². The molecule has 0 aromatic heterocycles. The standard InChI is InChI=1S/C15H22O4/c1-4-5-13(14(16)17)15(2,18)10-11-6-8-12(19-3)9-7-11/h6-9,13,18H,4-5,10H2,1-3H3,(H,16,17). The van der Waals surface area contributed by atoms with Crippen LogP contribution in [0, 0.1) is 5.92 Å². The van der Waals surface area contributed by atoms with E-state index in [1.54, 1.807) is 26.2 Å². The Balaban J connectivity index is 2.83. The molecule has 0 amide bonds. The monoisotopic (exact) mass is 266 g/mol. The minimum atomic E-state index is -1.25. The zero-order chi connectivity index (χ0) is 14.5. The number of aliphatic hydroxyl groups is 1. The fourth-order valence-corrected chi connectivity index (χ4v) is 2.27. The highest BCUT2D eigenvalue weighted by molar-refractivity contribution is 5.71. The molecule has 1 aromatic carbocycles. The van der Waals surface area contributed by atoms with Gasteiger partial charge in [-0.25, -0.2) is 0 Å². The molecule has 2 unspecified atom stereocenters. The van der Waals surface area contributed by atoms with Crippen LogP contribution in [-0.4, -0.2) is 28.9 Å². The number of carboxylic acid groups (broad SMARTS) is 1. The fourth-order valence-electron chi connectivity index (χ4n) is 2.27. The molecule has 0 radical (unpaired) electrons. The normalized spacial score (nSPS) is 15.6. The van der Waals surface area contributed by atoms with Gasteiger partial charge in [0, 0.05) is 6.42 Å². The van der Waals surface area contributed by atoms with Crippen molar-refractivity contribution in [2.45, 2.75) is 38.7 Å². The van der Waals surface area contributed by atoms with Crippen LogP contribution in [0.2, 0.25) is 0 Å². The number of ether oxygens (including phenoxy) is 1. The van der Waals surface area contributed by atoms with E-state index >= 15 is 0 Å². The van der Waals surface area contributed by atoms with Crippen molar-refractivity contribution in [3.63, 3.8) is 0 Å². The van der Waals surface area contributed by atoms with E-state index in [1.165, 1.54) is 0 Å². The van der Waals surface area contributed by atoms with Crippen LogP contribution in [-0.2, 0) is 11.2 Å². The predicted octanol–water partition coefficient (Wildman–Crippen LogP) is 2.49. The predicted molar refractivity (Wildman–Crippen MR) is 73.4 cm³/mol. The second-order valence-electron chi connectivity index (χ2n) is 5.06. The summed E-state index contributed by atoms with van der Waals surface area (Å²) < 4.78 is 5.07. The van der Waals surface area contributed by atoms with E-state index < -0.39 is 17.5 Å². The van der Waals surface area contributed by atoms with Gasteiger partial charge in [-0.15, -0.1) is 0 Å². The van der Waals surface area contributed by atoms with E-state index in [4.69, 9.17) is 4.74 Å². The molecule has 0 saturated carbocycles. The molecule has 0 bridgehead atoms. The van der Waals surface area contributed by atoms with Gasteiger partial charge >= 0.3 is 5.97 Å². The van der Waals surface area contributed by atoms with Crippen molar-refractivity contribution >= 4 is 5.97 Å². The molecule has 4 nitrogen and oxygen atoms in total. The summed E-state index contributed by atoms with van der Waals surface area (Å²) in [4.78, 5) is 11.2. The molecule has 4 heteroatoms. The van der Waals surface area contributed by atoms with Crippen molar-refractivity contribution < 1.29 is 19.7 Å². The Bertz CT molecular complexity index is 409. The highest BCUT2D eigenvalue weighted by Crippen LogP contribution is 2.27. The number of carbonyl (C=O) groups is 1. The summed E-state index contributed by atoms with van der Waals surface area (Å²) in [5.74, 6) is -0.952. The number of hydrogen-bond donors (Lipinski definition) is 2. The maximum absolute atomic E-state index is 11.2. The molecule has 0 fully saturated rings. The third-order valence-electron chi connectivity index (χ3n) is 3.35. The smallest absolute Gasteiger partial charge is 0.309 e. The average molecular weight is 266 g/mol. The van der Waals surface area contributed by atoms with Gasteiger partial charge in [0.15, 0.2) is 0 Å². The molecule has 2 atom stereocenters. The van der Waals surface area contributed by atoms with Crippen molar-refractivity contribution in [2.75, 3.05) is 7.11 Å². The Morgan fingerprint density at radius 1 is 1.37 bits per heavy atom. The van der Waals surface area contributed by atoms with E-state index in [0.717, 1.165) is 17.7 Å². The van der Waals surface area contributed by atoms with Gasteiger partial charge in [-0.05, 0) is 31.0 Å². The Labute approximate surface area is 114 Å². The molecule has 19 heavy (non-hydrogen) atoms. The van der Waals surface area contributed by atoms with Gasteiger partial charge in [0.25, 0.3) is 0 Å². The molecule has 0 saturated heterocycles. The highest BCUT2D eigenvalue weighted by Gasteiger charge is 2.36. The first-order chi connectivity index (χ1) is 8.90. The third kappa shape index (κ3) is 4.24. The van der Waals surface area contributed by atoms with Crippen LogP contribution in [0.5, 0.6) is 5.75 Å². The lowest BCUT2D eigenvalue weighted by molar-refractivity contribution is -0.151. The summed E-state index contributed by atoms with van der Waals surface area (Å²) in [6.07, 6.45) is 1.52. The molecule has 0 heterocycles. The van der Waals surface area contributed by atoms with E-state index in [0.29, 0.717) is 12.8 Å². The highest BCUT2D eigenvalue weighted by atomic mass is 16.5. The van der Waals surface area contributed by atoms with Crippen LogP contribution < -0.4 is 4.74 Å². The van der Waals surface area contributed by atoms with E-state index in [-0.39, 0.29) is 0 Å². The summed E-state index contributed by atoms with van der Waals surface area (Å²) in [7, 11) is 1.59. The first-order valence-electron chi connectivity index (χ1n) is 6.48. The van der Waals surface area contributed by atoms with Crippen molar-refractivity contribution in [3.8, 4) is 5.75 Å². The second-order valence-corrected chi connectivity index (χ2v) is 5.06. The lowest BCUT2D eigenvalue weighted by Gasteiger charge is -2.30. The first kappa shape index (κ1) is 15.5. The fraction of sp³-hybridized carbons (Fsp3) is 0.533. The van der Waals surface area contributed by atoms with Crippen LogP contribution in [0.15, 0.2) is 24.3 Å². The Hall–Kier alpha value is -1.55. The summed E-state index contributed by atoms with van der Waals surface area (Å²) >= 11 is 0. The van der Waals surface area contributed by atoms with Crippen LogP contribution in [0.4, 0.5) is 0 Å². The minimum Gasteiger partial charge on any atom is -0.497 e. The number of benzene rings is 1. The Morgan fingerprint density at radius 2 is 1.95 bits per heavy atom. The van der Waals surface area contributed by atoms with Gasteiger partial charge in [0.1, 0.15) is 5.75 Å². The van der Waals surface area contributed by atoms with Gasteiger partial charge < -0.3 is 14.9 Å². The van der Waals surface area contributed by atoms with Crippen LogP contribution in [0.25, 0.3) is 0 Å². The SMILES string of the molecule is CCCC(C(=O)O)C(C)(O)Cc1ccc(OC)cc1. The van der Waals surface area contributed by atoms with E-state index in [1.807, 2.05) is 19.1 Å². The number of methoxy groups -OCH3 is 1. The van der Waals surface area contributed by atoms with Gasteiger partial charge in [-0.3, -0.25) is 4.79 Å². The molecule has 2 N–H and O–H groups in total. The van der Waals surface area contributed by atoms with Gasteiger partial charge in [0.05, 0.1) is 18.6 Å². The third-order valence-corrected chi connectivity index (χ3v) is 3.35. The zero-order valence-electron chi connectivity index (χ0n) is 11.7. The number of rotatable bonds is 7. The van der Waals surface area contributed by atoms with Crippen molar-refractivity contribution in [3.05, 3.63) is 29.8 Å². The molecule has 1 rings (SSSR count). The summed E-state index contributed by atoms with van der Waals surface area (Å²) in [6.45, 7) is 3.51. The molecular formula is C15H22O4. The Morgan fingerprint density at radius 3 is 2.37 bits per heavy atom. The molecular weight excluding hydrogens is 244 g/mol. The minimum absolute atomic E-state index is 0.313. The molecule has 0 aliphatic carbocycles. The van der Waals surface area contributed by atoms with Crippen molar-refractivity contribution in [1.82, 2.24) is 0 Å². The number of aliphatic carboxylic acids is 1. The molecule has 0 aliphatic heterocycles. The zero-order valence-corrected chi connectivity index (χ0v) is 11.7. The lowest BCUT2D eigenvalue weighted by Crippen LogP contribution is -2.41. The van der Waals surface area contributed by atoms with Crippen LogP contribution in [0.3, 0.4) is 0 Å². The molecule has 0 spiro atoms. The lowest BCUT2D eigenvalue weighted by atomic mass is 9.81. The maximum atomic E-state index is 11.2. The van der Waals surface area contributed by atoms with Crippen LogP contribution >= 0.6 is 0 Å². The molecule has 0 aliphatic rings. The second kappa shape index (κ2) is 6.57. The van der Waals surface area contributed by atoms with Crippen LogP contribution in [0.1, 0.15) is 32.3 Å². The topological polar surface area (TPSA) is 66.8 Å². The quantitative estimate of drug-likeness (QED) is 0.795. The first-order valence-corrected chi connectivity index (χ1v) is 6.48. The number of carboxylic acids is 1. The molecule has 106 valence electrons. The van der Waals surface area contributed by atoms with Gasteiger partial charge in [-0.1, -0.05) is 25.5 Å². The average Bonchev–Trinajstić information content (AvgIpc) is 2.35. The van der Waals surface area contributed by atoms with Gasteiger partial charge in [-0.2, -0.15) is 0 Å². The molecule has 1 aromatic rings. The maximum Gasteiger partial charge on any atom is 0.309 e. The summed E-state index contributed by atoms with van der Waals surface area (Å²) in [5.41, 5.74) is -0.357. The summed E-state index contributed by atoms with van der Waals surface area (Å²) in [6, 6.07) is 7.30. The summed E-state index contributed by atoms with van der Waals surface area (Å²) in [5, 5.41) is 19.7. The van der Waals surface area contributed by atoms with Crippen molar-refractivity contribution in [2.24, 2.45) is 5.92 Å². The number of hydrogen-bond acceptors (Lipinski definition) is 3. The van der Waals surface area contributed by atoms with E-state index in [9.17, 15) is 15.0 Å².